The van der Waals surface area contributed by atoms with Crippen LogP contribution in [-0.2, 0) is 0 Å². The van der Waals surface area contributed by atoms with Crippen LogP contribution in [-0.4, -0.2) is 20.6 Å². The summed E-state index contributed by atoms with van der Waals surface area (Å²) in [5.74, 6) is 0. The van der Waals surface area contributed by atoms with Crippen molar-refractivity contribution in [2.45, 2.75) is 25.3 Å². The third-order valence-corrected chi connectivity index (χ3v) is 3.12. The third kappa shape index (κ3) is 2.51. The van der Waals surface area contributed by atoms with Crippen molar-refractivity contribution in [3.63, 3.8) is 0 Å². The molecule has 1 atom stereocenters. The fourth-order valence-corrected chi connectivity index (χ4v) is 2.14. The number of nitrogens with one attached hydrogen (secondary N) is 1. The Morgan fingerprint density at radius 1 is 1.13 bits per heavy atom. The average molecular weight is 204 g/mol. The minimum Gasteiger partial charge on any atom is -0.378 e. The van der Waals surface area contributed by atoms with Gasteiger partial charge in [-0.3, -0.25) is 0 Å². The largest absolute Gasteiger partial charge is 0.378 e. The monoisotopic (exact) mass is 204 g/mol. The van der Waals surface area contributed by atoms with Crippen molar-refractivity contribution in [3.8, 4) is 0 Å². The second kappa shape index (κ2) is 4.67. The van der Waals surface area contributed by atoms with Crippen LogP contribution in [0.1, 0.15) is 30.9 Å². The van der Waals surface area contributed by atoms with E-state index in [9.17, 15) is 0 Å². The Kier molecular flexibility index (Phi) is 3.27. The van der Waals surface area contributed by atoms with Crippen molar-refractivity contribution >= 4 is 5.69 Å². The van der Waals surface area contributed by atoms with Crippen LogP contribution in [0.5, 0.6) is 0 Å². The van der Waals surface area contributed by atoms with Crippen LogP contribution in [0.3, 0.4) is 0 Å². The van der Waals surface area contributed by atoms with E-state index >= 15 is 0 Å². The minimum absolute atomic E-state index is 0.579. The van der Waals surface area contributed by atoms with Crippen LogP contribution in [0, 0.1) is 0 Å². The lowest BCUT2D eigenvalue weighted by atomic mass is 9.97. The maximum Gasteiger partial charge on any atom is 0.0361 e. The van der Waals surface area contributed by atoms with Gasteiger partial charge in [-0.05, 0) is 37.1 Å². The molecule has 0 radical (unpaired) electrons. The first-order valence-electron chi connectivity index (χ1n) is 5.78. The molecule has 2 rings (SSSR count). The quantitative estimate of drug-likeness (QED) is 0.796. The van der Waals surface area contributed by atoms with Gasteiger partial charge in [-0.1, -0.05) is 18.6 Å². The van der Waals surface area contributed by atoms with Gasteiger partial charge in [-0.25, -0.2) is 0 Å². The van der Waals surface area contributed by atoms with Gasteiger partial charge in [-0.15, -0.1) is 0 Å². The van der Waals surface area contributed by atoms with E-state index in [1.807, 2.05) is 0 Å². The molecule has 0 saturated carbocycles. The third-order valence-electron chi connectivity index (χ3n) is 3.12. The predicted octanol–water partition coefficient (Wildman–Crippen LogP) is 2.57. The molecule has 0 bridgehead atoms. The summed E-state index contributed by atoms with van der Waals surface area (Å²) in [7, 11) is 4.15. The second-order valence-corrected chi connectivity index (χ2v) is 4.49. The molecule has 1 aliphatic rings. The van der Waals surface area contributed by atoms with Crippen molar-refractivity contribution in [3.05, 3.63) is 29.8 Å². The first-order valence-corrected chi connectivity index (χ1v) is 5.78. The summed E-state index contributed by atoms with van der Waals surface area (Å²) in [4.78, 5) is 2.14. The minimum atomic E-state index is 0.579. The van der Waals surface area contributed by atoms with E-state index in [1.165, 1.54) is 37.1 Å². The van der Waals surface area contributed by atoms with Crippen LogP contribution >= 0.6 is 0 Å². The zero-order chi connectivity index (χ0) is 10.7. The molecule has 0 aromatic heterocycles. The van der Waals surface area contributed by atoms with Crippen LogP contribution in [0.4, 0.5) is 5.69 Å². The smallest absolute Gasteiger partial charge is 0.0361 e. The van der Waals surface area contributed by atoms with Gasteiger partial charge in [-0.2, -0.15) is 0 Å². The van der Waals surface area contributed by atoms with Gasteiger partial charge >= 0.3 is 0 Å². The maximum atomic E-state index is 3.57. The van der Waals surface area contributed by atoms with E-state index < -0.39 is 0 Å². The molecule has 1 aromatic carbocycles. The van der Waals surface area contributed by atoms with E-state index in [-0.39, 0.29) is 0 Å². The lowest BCUT2D eigenvalue weighted by molar-refractivity contribution is 0.412. The molecule has 1 aromatic rings. The molecule has 82 valence electrons. The SMILES string of the molecule is CN(C)c1ccc([C@@H]2CCCCN2)cc1. The average Bonchev–Trinajstić information content (AvgIpc) is 2.30. The summed E-state index contributed by atoms with van der Waals surface area (Å²) in [6, 6.07) is 9.48. The summed E-state index contributed by atoms with van der Waals surface area (Å²) in [5, 5.41) is 3.57. The molecule has 0 amide bonds. The van der Waals surface area contributed by atoms with Gasteiger partial charge in [0, 0.05) is 25.8 Å². The molecule has 1 aliphatic heterocycles. The van der Waals surface area contributed by atoms with Crippen molar-refractivity contribution in [1.82, 2.24) is 5.32 Å². The van der Waals surface area contributed by atoms with Crippen molar-refractivity contribution in [1.29, 1.82) is 0 Å². The van der Waals surface area contributed by atoms with Crippen LogP contribution in [0.15, 0.2) is 24.3 Å². The normalized spacial score (nSPS) is 21.3. The van der Waals surface area contributed by atoms with Crippen molar-refractivity contribution in [2.24, 2.45) is 0 Å². The van der Waals surface area contributed by atoms with E-state index in [1.54, 1.807) is 0 Å². The highest BCUT2D eigenvalue weighted by Crippen LogP contribution is 2.24. The topological polar surface area (TPSA) is 15.3 Å². The molecule has 1 saturated heterocycles. The lowest BCUT2D eigenvalue weighted by Crippen LogP contribution is -2.26. The molecule has 2 heteroatoms. The number of rotatable bonds is 2. The Labute approximate surface area is 92.3 Å². The first-order chi connectivity index (χ1) is 7.27. The predicted molar refractivity (Wildman–Crippen MR) is 65.4 cm³/mol. The zero-order valence-corrected chi connectivity index (χ0v) is 9.66. The molecular weight excluding hydrogens is 184 g/mol. The van der Waals surface area contributed by atoms with E-state index in [0.29, 0.717) is 6.04 Å². The van der Waals surface area contributed by atoms with Gasteiger partial charge in [0.25, 0.3) is 0 Å². The van der Waals surface area contributed by atoms with E-state index in [0.717, 1.165) is 0 Å². The number of nitrogens with zero attached hydrogens (tertiary/aromatic N) is 1. The van der Waals surface area contributed by atoms with Crippen LogP contribution < -0.4 is 10.2 Å². The molecule has 1 N–H and O–H groups in total. The summed E-state index contributed by atoms with van der Waals surface area (Å²) in [6.07, 6.45) is 3.96. The Balaban J connectivity index is 2.08. The van der Waals surface area contributed by atoms with Crippen molar-refractivity contribution in [2.75, 3.05) is 25.5 Å². The number of hydrogen-bond donors (Lipinski definition) is 1. The number of hydrogen-bond acceptors (Lipinski definition) is 2. The van der Waals surface area contributed by atoms with Gasteiger partial charge in [0.15, 0.2) is 0 Å². The summed E-state index contributed by atoms with van der Waals surface area (Å²) < 4.78 is 0. The van der Waals surface area contributed by atoms with Crippen molar-refractivity contribution < 1.29 is 0 Å². The molecule has 15 heavy (non-hydrogen) atoms. The highest BCUT2D eigenvalue weighted by molar-refractivity contribution is 5.46. The zero-order valence-electron chi connectivity index (χ0n) is 9.66. The number of piperidine rings is 1. The summed E-state index contributed by atoms with van der Waals surface area (Å²) in [5.41, 5.74) is 2.70. The van der Waals surface area contributed by atoms with E-state index in [4.69, 9.17) is 0 Å². The fourth-order valence-electron chi connectivity index (χ4n) is 2.14. The maximum absolute atomic E-state index is 3.57. The first kappa shape index (κ1) is 10.5. The highest BCUT2D eigenvalue weighted by atomic mass is 15.1. The Morgan fingerprint density at radius 2 is 1.87 bits per heavy atom. The molecule has 0 unspecified atom stereocenters. The summed E-state index contributed by atoms with van der Waals surface area (Å²) >= 11 is 0. The Morgan fingerprint density at radius 3 is 2.40 bits per heavy atom. The number of benzene rings is 1. The highest BCUT2D eigenvalue weighted by Gasteiger charge is 2.13. The van der Waals surface area contributed by atoms with Crippen LogP contribution in [0.2, 0.25) is 0 Å². The molecule has 0 spiro atoms. The molecule has 0 aliphatic carbocycles. The van der Waals surface area contributed by atoms with Gasteiger partial charge < -0.3 is 10.2 Å². The van der Waals surface area contributed by atoms with Gasteiger partial charge in [0.05, 0.1) is 0 Å². The Bertz CT molecular complexity index is 297. The lowest BCUT2D eigenvalue weighted by Gasteiger charge is -2.24. The molecular formula is C13H20N2. The molecule has 2 nitrogen and oxygen atoms in total. The van der Waals surface area contributed by atoms with Gasteiger partial charge in [0.2, 0.25) is 0 Å². The Hall–Kier alpha value is -1.02. The molecule has 1 heterocycles. The van der Waals surface area contributed by atoms with Crippen LogP contribution in [0.25, 0.3) is 0 Å². The second-order valence-electron chi connectivity index (χ2n) is 4.49. The number of anilines is 1. The summed E-state index contributed by atoms with van der Waals surface area (Å²) in [6.45, 7) is 1.17. The molecule has 1 fully saturated rings. The van der Waals surface area contributed by atoms with Gasteiger partial charge in [0.1, 0.15) is 0 Å². The van der Waals surface area contributed by atoms with E-state index in [2.05, 4.69) is 48.6 Å². The fraction of sp³-hybridized carbons (Fsp3) is 0.538. The standard InChI is InChI=1S/C13H20N2/c1-15(2)12-8-6-11(7-9-12)13-5-3-4-10-14-13/h6-9,13-14H,3-5,10H2,1-2H3/t13-/m0/s1.